The molecule has 0 saturated heterocycles. The quantitative estimate of drug-likeness (QED) is 0.624. The predicted octanol–water partition coefficient (Wildman–Crippen LogP) is 1.56. The molecule has 0 atom stereocenters. The van der Waals surface area contributed by atoms with E-state index >= 15 is 0 Å². The van der Waals surface area contributed by atoms with Gasteiger partial charge in [-0.25, -0.2) is 0 Å². The molecule has 0 heterocycles. The Bertz CT molecular complexity index is 113. The zero-order valence-corrected chi connectivity index (χ0v) is 7.32. The highest BCUT2D eigenvalue weighted by atomic mass is 16.1. The molecule has 0 radical (unpaired) electrons. The maximum Gasteiger partial charge on any atom is 0.219 e. The van der Waals surface area contributed by atoms with Crippen molar-refractivity contribution in [3.63, 3.8) is 0 Å². The van der Waals surface area contributed by atoms with E-state index in [9.17, 15) is 4.79 Å². The van der Waals surface area contributed by atoms with Crippen LogP contribution in [0.25, 0.3) is 0 Å². The molecule has 10 heavy (non-hydrogen) atoms. The lowest BCUT2D eigenvalue weighted by molar-refractivity contribution is -0.121. The maximum absolute atomic E-state index is 10.7. The summed E-state index contributed by atoms with van der Waals surface area (Å²) in [7, 11) is 0. The normalized spacial score (nSPS) is 11.2. The number of hydrogen-bond acceptors (Lipinski definition) is 1. The SMILES string of the molecule is CCC(=O)NCC(C)(C)C. The number of carbonyl (C=O) groups is 1. The number of amides is 1. The molecule has 0 spiro atoms. The second-order valence-corrected chi connectivity index (χ2v) is 3.69. The Morgan fingerprint density at radius 3 is 2.20 bits per heavy atom. The summed E-state index contributed by atoms with van der Waals surface area (Å²) in [6.07, 6.45) is 0.579. The zero-order chi connectivity index (χ0) is 8.20. The van der Waals surface area contributed by atoms with E-state index in [2.05, 4.69) is 26.1 Å². The minimum atomic E-state index is 0.134. The summed E-state index contributed by atoms with van der Waals surface area (Å²) >= 11 is 0. The molecule has 0 saturated carbocycles. The van der Waals surface area contributed by atoms with Crippen molar-refractivity contribution >= 4 is 5.91 Å². The molecule has 0 aromatic rings. The van der Waals surface area contributed by atoms with Crippen LogP contribution >= 0.6 is 0 Å². The van der Waals surface area contributed by atoms with Crippen LogP contribution in [0.1, 0.15) is 34.1 Å². The van der Waals surface area contributed by atoms with Crippen molar-refractivity contribution in [2.75, 3.05) is 6.54 Å². The Kier molecular flexibility index (Phi) is 3.40. The van der Waals surface area contributed by atoms with Gasteiger partial charge < -0.3 is 5.32 Å². The van der Waals surface area contributed by atoms with Gasteiger partial charge in [-0.05, 0) is 5.41 Å². The Morgan fingerprint density at radius 2 is 1.90 bits per heavy atom. The number of carbonyl (C=O) groups excluding carboxylic acids is 1. The van der Waals surface area contributed by atoms with Crippen LogP contribution in [-0.4, -0.2) is 12.5 Å². The van der Waals surface area contributed by atoms with Crippen molar-refractivity contribution in [3.8, 4) is 0 Å². The molecule has 0 aromatic carbocycles. The summed E-state index contributed by atoms with van der Waals surface area (Å²) in [6, 6.07) is 0. The summed E-state index contributed by atoms with van der Waals surface area (Å²) in [5, 5.41) is 2.83. The standard InChI is InChI=1S/C8H17NO/c1-5-7(10)9-6-8(2,3)4/h5-6H2,1-4H3,(H,9,10). The fourth-order valence-corrected chi connectivity index (χ4v) is 0.489. The second kappa shape index (κ2) is 3.59. The van der Waals surface area contributed by atoms with Gasteiger partial charge in [-0.1, -0.05) is 27.7 Å². The van der Waals surface area contributed by atoms with Crippen LogP contribution < -0.4 is 5.32 Å². The monoisotopic (exact) mass is 143 g/mol. The number of rotatable bonds is 2. The van der Waals surface area contributed by atoms with Gasteiger partial charge in [0.15, 0.2) is 0 Å². The van der Waals surface area contributed by atoms with Gasteiger partial charge in [0.2, 0.25) is 5.91 Å². The van der Waals surface area contributed by atoms with Gasteiger partial charge in [0, 0.05) is 13.0 Å². The van der Waals surface area contributed by atoms with E-state index in [1.54, 1.807) is 0 Å². The van der Waals surface area contributed by atoms with Crippen LogP contribution in [0.2, 0.25) is 0 Å². The summed E-state index contributed by atoms with van der Waals surface area (Å²) in [5.41, 5.74) is 0.199. The first-order chi connectivity index (χ1) is 4.45. The number of nitrogens with one attached hydrogen (secondary N) is 1. The van der Waals surface area contributed by atoms with Gasteiger partial charge in [0.05, 0.1) is 0 Å². The summed E-state index contributed by atoms with van der Waals surface area (Å²) in [5.74, 6) is 0.134. The van der Waals surface area contributed by atoms with E-state index in [4.69, 9.17) is 0 Å². The second-order valence-electron chi connectivity index (χ2n) is 3.69. The minimum absolute atomic E-state index is 0.134. The highest BCUT2D eigenvalue weighted by Gasteiger charge is 2.10. The van der Waals surface area contributed by atoms with E-state index in [-0.39, 0.29) is 11.3 Å². The third-order valence-corrected chi connectivity index (χ3v) is 1.14. The minimum Gasteiger partial charge on any atom is -0.356 e. The van der Waals surface area contributed by atoms with Crippen molar-refractivity contribution in [1.82, 2.24) is 5.32 Å². The highest BCUT2D eigenvalue weighted by Crippen LogP contribution is 2.09. The summed E-state index contributed by atoms with van der Waals surface area (Å²) < 4.78 is 0. The lowest BCUT2D eigenvalue weighted by Crippen LogP contribution is -2.31. The van der Waals surface area contributed by atoms with Crippen LogP contribution in [0.3, 0.4) is 0 Å². The summed E-state index contributed by atoms with van der Waals surface area (Å²) in [6.45, 7) is 8.92. The topological polar surface area (TPSA) is 29.1 Å². The molecule has 0 unspecified atom stereocenters. The Balaban J connectivity index is 3.46. The lowest BCUT2D eigenvalue weighted by atomic mass is 9.97. The van der Waals surface area contributed by atoms with E-state index in [0.29, 0.717) is 6.42 Å². The Labute approximate surface area is 63.0 Å². The van der Waals surface area contributed by atoms with Gasteiger partial charge in [0.1, 0.15) is 0 Å². The lowest BCUT2D eigenvalue weighted by Gasteiger charge is -2.18. The Morgan fingerprint density at radius 1 is 1.40 bits per heavy atom. The molecular formula is C8H17NO. The van der Waals surface area contributed by atoms with Crippen LogP contribution in [-0.2, 0) is 4.79 Å². The van der Waals surface area contributed by atoms with Crippen molar-refractivity contribution < 1.29 is 4.79 Å². The fraction of sp³-hybridized carbons (Fsp3) is 0.875. The van der Waals surface area contributed by atoms with E-state index in [0.717, 1.165) is 6.54 Å². The molecule has 0 aliphatic carbocycles. The van der Waals surface area contributed by atoms with Gasteiger partial charge in [0.25, 0.3) is 0 Å². The van der Waals surface area contributed by atoms with Crippen LogP contribution in [0.4, 0.5) is 0 Å². The van der Waals surface area contributed by atoms with Gasteiger partial charge in [-0.15, -0.1) is 0 Å². The van der Waals surface area contributed by atoms with Gasteiger partial charge in [-0.2, -0.15) is 0 Å². The van der Waals surface area contributed by atoms with Gasteiger partial charge in [-0.3, -0.25) is 4.79 Å². The first-order valence-electron chi connectivity index (χ1n) is 3.72. The Hall–Kier alpha value is -0.530. The molecule has 0 fully saturated rings. The van der Waals surface area contributed by atoms with E-state index in [1.807, 2.05) is 6.92 Å². The van der Waals surface area contributed by atoms with Gasteiger partial charge >= 0.3 is 0 Å². The van der Waals surface area contributed by atoms with Crippen molar-refractivity contribution in [2.45, 2.75) is 34.1 Å². The first kappa shape index (κ1) is 9.47. The molecular weight excluding hydrogens is 126 g/mol. The fourth-order valence-electron chi connectivity index (χ4n) is 0.489. The molecule has 0 rings (SSSR count). The smallest absolute Gasteiger partial charge is 0.219 e. The predicted molar refractivity (Wildman–Crippen MR) is 42.8 cm³/mol. The molecule has 0 aromatic heterocycles. The number of hydrogen-bond donors (Lipinski definition) is 1. The molecule has 0 aliphatic heterocycles. The van der Waals surface area contributed by atoms with Crippen LogP contribution in [0.5, 0.6) is 0 Å². The third kappa shape index (κ3) is 5.60. The van der Waals surface area contributed by atoms with Crippen LogP contribution in [0, 0.1) is 5.41 Å². The molecule has 0 bridgehead atoms. The van der Waals surface area contributed by atoms with E-state index in [1.165, 1.54) is 0 Å². The molecule has 1 amide bonds. The molecule has 1 N–H and O–H groups in total. The largest absolute Gasteiger partial charge is 0.356 e. The molecule has 0 aliphatic rings. The van der Waals surface area contributed by atoms with Crippen molar-refractivity contribution in [2.24, 2.45) is 5.41 Å². The molecule has 2 heteroatoms. The molecule has 2 nitrogen and oxygen atoms in total. The first-order valence-corrected chi connectivity index (χ1v) is 3.72. The average Bonchev–Trinajstić information content (AvgIpc) is 1.81. The van der Waals surface area contributed by atoms with Crippen molar-refractivity contribution in [3.05, 3.63) is 0 Å². The maximum atomic E-state index is 10.7. The van der Waals surface area contributed by atoms with E-state index < -0.39 is 0 Å². The van der Waals surface area contributed by atoms with Crippen LogP contribution in [0.15, 0.2) is 0 Å². The third-order valence-electron chi connectivity index (χ3n) is 1.14. The summed E-state index contributed by atoms with van der Waals surface area (Å²) in [4.78, 5) is 10.7. The zero-order valence-electron chi connectivity index (χ0n) is 7.32. The average molecular weight is 143 g/mol. The van der Waals surface area contributed by atoms with Crippen molar-refractivity contribution in [1.29, 1.82) is 0 Å². The highest BCUT2D eigenvalue weighted by molar-refractivity contribution is 5.75. The molecule has 60 valence electrons.